The van der Waals surface area contributed by atoms with Crippen LogP contribution in [0.5, 0.6) is 0 Å². The van der Waals surface area contributed by atoms with E-state index in [4.69, 9.17) is 4.98 Å². The topological polar surface area (TPSA) is 37.6 Å². The summed E-state index contributed by atoms with van der Waals surface area (Å²) >= 11 is 1.60. The first-order valence-corrected chi connectivity index (χ1v) is 10.4. The Hall–Kier alpha value is -2.24. The minimum atomic E-state index is 0.0296. The van der Waals surface area contributed by atoms with E-state index < -0.39 is 0 Å². The van der Waals surface area contributed by atoms with Gasteiger partial charge >= 0.3 is 0 Å². The van der Waals surface area contributed by atoms with E-state index in [1.165, 1.54) is 4.90 Å². The molecule has 0 radical (unpaired) electrons. The molecule has 3 rings (SSSR count). The van der Waals surface area contributed by atoms with Gasteiger partial charge in [0.2, 0.25) is 0 Å². The number of benzene rings is 2. The van der Waals surface area contributed by atoms with Gasteiger partial charge in [-0.25, -0.2) is 4.98 Å². The highest BCUT2D eigenvalue weighted by atomic mass is 32.1. The lowest BCUT2D eigenvalue weighted by Crippen LogP contribution is -3.12. The maximum atomic E-state index is 13.3. The number of amides is 1. The van der Waals surface area contributed by atoms with Crippen LogP contribution in [-0.4, -0.2) is 37.1 Å². The van der Waals surface area contributed by atoms with E-state index in [1.54, 1.807) is 11.3 Å². The summed E-state index contributed by atoms with van der Waals surface area (Å²) in [7, 11) is 0. The molecule has 1 aromatic heterocycles. The third-order valence-electron chi connectivity index (χ3n) is 5.04. The number of rotatable bonds is 7. The van der Waals surface area contributed by atoms with Crippen molar-refractivity contribution in [3.63, 3.8) is 0 Å². The Labute approximate surface area is 165 Å². The molecular formula is C22H28N3OS+. The monoisotopic (exact) mass is 382 g/mol. The molecule has 0 bridgehead atoms. The summed E-state index contributed by atoms with van der Waals surface area (Å²) < 4.78 is 1.13. The maximum Gasteiger partial charge on any atom is 0.260 e. The number of hydrogen-bond donors (Lipinski definition) is 1. The van der Waals surface area contributed by atoms with Gasteiger partial charge in [0.15, 0.2) is 5.13 Å². The van der Waals surface area contributed by atoms with Gasteiger partial charge in [0.05, 0.1) is 36.4 Å². The summed E-state index contributed by atoms with van der Waals surface area (Å²) in [5, 5.41) is 0.789. The number of aryl methyl sites for hydroxylation is 2. The Balaban J connectivity index is 1.97. The van der Waals surface area contributed by atoms with Gasteiger partial charge in [0, 0.05) is 5.56 Å². The highest BCUT2D eigenvalue weighted by Gasteiger charge is 2.23. The first-order chi connectivity index (χ1) is 13.0. The van der Waals surface area contributed by atoms with Crippen molar-refractivity contribution in [2.45, 2.75) is 27.7 Å². The second kappa shape index (κ2) is 8.63. The fourth-order valence-electron chi connectivity index (χ4n) is 3.28. The second-order valence-corrected chi connectivity index (χ2v) is 7.96. The second-order valence-electron chi connectivity index (χ2n) is 6.95. The molecule has 0 spiro atoms. The molecule has 0 aliphatic carbocycles. The molecule has 3 aromatic rings. The molecule has 5 heteroatoms. The number of likely N-dealkylation sites (N-methyl/N-ethyl adjacent to an activating group) is 1. The number of carbonyl (C=O) groups is 1. The summed E-state index contributed by atoms with van der Waals surface area (Å²) in [5.41, 5.74) is 3.96. The molecule has 2 aromatic carbocycles. The fraction of sp³-hybridized carbons (Fsp3) is 0.364. The molecule has 0 aliphatic rings. The van der Waals surface area contributed by atoms with Gasteiger partial charge in [-0.05, 0) is 51.5 Å². The summed E-state index contributed by atoms with van der Waals surface area (Å²) in [5.74, 6) is 0.0296. The van der Waals surface area contributed by atoms with Crippen molar-refractivity contribution < 1.29 is 9.69 Å². The van der Waals surface area contributed by atoms with E-state index in [-0.39, 0.29) is 5.91 Å². The Morgan fingerprint density at radius 1 is 1.11 bits per heavy atom. The van der Waals surface area contributed by atoms with Gasteiger partial charge in [0.1, 0.15) is 0 Å². The normalized spacial score (nSPS) is 11.3. The van der Waals surface area contributed by atoms with Gasteiger partial charge < -0.3 is 4.90 Å². The highest BCUT2D eigenvalue weighted by molar-refractivity contribution is 7.22. The molecule has 1 amide bonds. The standard InChI is InChI=1S/C22H27N3OS/c1-5-24(6-2)13-14-25(21(26)18-11-7-9-16(3)15-18)22-23-20-17(4)10-8-12-19(20)27-22/h7-12,15H,5-6,13-14H2,1-4H3/p+1. The summed E-state index contributed by atoms with van der Waals surface area (Å²) in [6.07, 6.45) is 0. The fourth-order valence-corrected chi connectivity index (χ4v) is 4.35. The number of anilines is 1. The van der Waals surface area contributed by atoms with Crippen molar-refractivity contribution in [3.8, 4) is 0 Å². The molecule has 142 valence electrons. The molecular weight excluding hydrogens is 354 g/mol. The van der Waals surface area contributed by atoms with Crippen LogP contribution in [0.3, 0.4) is 0 Å². The van der Waals surface area contributed by atoms with Gasteiger partial charge in [0.25, 0.3) is 5.91 Å². The molecule has 0 atom stereocenters. The molecule has 0 saturated carbocycles. The molecule has 0 fully saturated rings. The summed E-state index contributed by atoms with van der Waals surface area (Å²) in [4.78, 5) is 21.5. The van der Waals surface area contributed by atoms with Crippen LogP contribution in [0.1, 0.15) is 35.3 Å². The SMILES string of the molecule is CC[NH+](CC)CCN(C(=O)c1cccc(C)c1)c1nc2c(C)cccc2s1. The average Bonchev–Trinajstić information content (AvgIpc) is 3.10. The van der Waals surface area contributed by atoms with E-state index in [0.717, 1.165) is 51.7 Å². The number of carbonyl (C=O) groups excluding carboxylic acids is 1. The van der Waals surface area contributed by atoms with E-state index >= 15 is 0 Å². The summed E-state index contributed by atoms with van der Waals surface area (Å²) in [6.45, 7) is 12.2. The zero-order valence-corrected chi connectivity index (χ0v) is 17.4. The lowest BCUT2D eigenvalue weighted by atomic mass is 10.1. The van der Waals surface area contributed by atoms with Crippen molar-refractivity contribution in [3.05, 3.63) is 59.2 Å². The van der Waals surface area contributed by atoms with Crippen LogP contribution in [0.2, 0.25) is 0 Å². The smallest absolute Gasteiger partial charge is 0.260 e. The number of nitrogens with one attached hydrogen (secondary N) is 1. The number of para-hydroxylation sites is 1. The number of aromatic nitrogens is 1. The predicted octanol–water partition coefficient (Wildman–Crippen LogP) is 3.48. The van der Waals surface area contributed by atoms with Gasteiger partial charge in [-0.3, -0.25) is 9.69 Å². The minimum Gasteiger partial charge on any atom is -0.334 e. The third kappa shape index (κ3) is 4.37. The number of fused-ring (bicyclic) bond motifs is 1. The van der Waals surface area contributed by atoms with E-state index in [9.17, 15) is 4.79 Å². The predicted molar refractivity (Wildman–Crippen MR) is 114 cm³/mol. The van der Waals surface area contributed by atoms with Crippen LogP contribution in [0.15, 0.2) is 42.5 Å². The van der Waals surface area contributed by atoms with Gasteiger partial charge in [-0.1, -0.05) is 41.2 Å². The van der Waals surface area contributed by atoms with Crippen molar-refractivity contribution in [2.75, 3.05) is 31.1 Å². The third-order valence-corrected chi connectivity index (χ3v) is 6.08. The summed E-state index contributed by atoms with van der Waals surface area (Å²) in [6, 6.07) is 14.0. The molecule has 0 aliphatic heterocycles. The highest BCUT2D eigenvalue weighted by Crippen LogP contribution is 2.31. The van der Waals surface area contributed by atoms with E-state index in [1.807, 2.05) is 42.2 Å². The lowest BCUT2D eigenvalue weighted by Gasteiger charge is -2.23. The Kier molecular flexibility index (Phi) is 6.24. The number of quaternary nitrogens is 1. The van der Waals surface area contributed by atoms with Crippen LogP contribution in [0, 0.1) is 13.8 Å². The van der Waals surface area contributed by atoms with Gasteiger partial charge in [-0.2, -0.15) is 0 Å². The zero-order chi connectivity index (χ0) is 19.4. The number of nitrogens with zero attached hydrogens (tertiary/aromatic N) is 2. The van der Waals surface area contributed by atoms with Crippen LogP contribution in [0.4, 0.5) is 5.13 Å². The van der Waals surface area contributed by atoms with Crippen LogP contribution >= 0.6 is 11.3 Å². The molecule has 1 N–H and O–H groups in total. The molecule has 1 heterocycles. The Morgan fingerprint density at radius 2 is 1.85 bits per heavy atom. The average molecular weight is 383 g/mol. The minimum absolute atomic E-state index is 0.0296. The van der Waals surface area contributed by atoms with E-state index in [2.05, 4.69) is 32.9 Å². The van der Waals surface area contributed by atoms with Crippen molar-refractivity contribution >= 4 is 32.6 Å². The lowest BCUT2D eigenvalue weighted by molar-refractivity contribution is -0.894. The van der Waals surface area contributed by atoms with Crippen molar-refractivity contribution in [1.82, 2.24) is 4.98 Å². The van der Waals surface area contributed by atoms with Crippen molar-refractivity contribution in [1.29, 1.82) is 0 Å². The zero-order valence-electron chi connectivity index (χ0n) is 16.6. The largest absolute Gasteiger partial charge is 0.334 e. The quantitative estimate of drug-likeness (QED) is 0.679. The van der Waals surface area contributed by atoms with Crippen LogP contribution < -0.4 is 9.80 Å². The van der Waals surface area contributed by atoms with Crippen LogP contribution in [-0.2, 0) is 0 Å². The number of hydrogen-bond acceptors (Lipinski definition) is 3. The van der Waals surface area contributed by atoms with Crippen molar-refractivity contribution in [2.24, 2.45) is 0 Å². The molecule has 4 nitrogen and oxygen atoms in total. The maximum absolute atomic E-state index is 13.3. The first kappa shape index (κ1) is 19.5. The van der Waals surface area contributed by atoms with Crippen LogP contribution in [0.25, 0.3) is 10.2 Å². The Bertz CT molecular complexity index is 930. The number of thiazole rings is 1. The first-order valence-electron chi connectivity index (χ1n) is 9.61. The van der Waals surface area contributed by atoms with E-state index in [0.29, 0.717) is 6.54 Å². The molecule has 0 unspecified atom stereocenters. The Morgan fingerprint density at radius 3 is 2.52 bits per heavy atom. The molecule has 27 heavy (non-hydrogen) atoms. The molecule has 0 saturated heterocycles. The van der Waals surface area contributed by atoms with Gasteiger partial charge in [-0.15, -0.1) is 0 Å².